The number of nitrogens with one attached hydrogen (secondary N) is 1. The second-order valence-corrected chi connectivity index (χ2v) is 5.32. The Labute approximate surface area is 141 Å². The minimum atomic E-state index is -0.399. The quantitative estimate of drug-likeness (QED) is 0.790. The van der Waals surface area contributed by atoms with Gasteiger partial charge in [-0.25, -0.2) is 4.79 Å². The number of carbonyl (C=O) groups excluding carboxylic acids is 2. The van der Waals surface area contributed by atoms with Gasteiger partial charge < -0.3 is 14.8 Å². The van der Waals surface area contributed by atoms with Crippen molar-refractivity contribution in [3.05, 3.63) is 59.7 Å². The largest absolute Gasteiger partial charge is 0.483 e. The summed E-state index contributed by atoms with van der Waals surface area (Å²) in [4.78, 5) is 23.8. The number of aryl methyl sites for hydroxylation is 1. The Morgan fingerprint density at radius 3 is 2.62 bits per heavy atom. The molecule has 0 unspecified atom stereocenters. The number of esters is 1. The summed E-state index contributed by atoms with van der Waals surface area (Å²) in [7, 11) is 0. The van der Waals surface area contributed by atoms with Gasteiger partial charge in [-0.15, -0.1) is 0 Å². The summed E-state index contributed by atoms with van der Waals surface area (Å²) >= 11 is 0. The molecule has 5 heteroatoms. The van der Waals surface area contributed by atoms with Crippen molar-refractivity contribution in [2.45, 2.75) is 20.3 Å². The summed E-state index contributed by atoms with van der Waals surface area (Å²) in [6.07, 6.45) is 0.762. The number of hydrogen-bond acceptors (Lipinski definition) is 4. The minimum absolute atomic E-state index is 0.102. The van der Waals surface area contributed by atoms with E-state index in [1.54, 1.807) is 24.3 Å². The Bertz CT molecular complexity index is 712. The normalized spacial score (nSPS) is 10.1. The monoisotopic (exact) mass is 327 g/mol. The zero-order valence-corrected chi connectivity index (χ0v) is 13.9. The molecule has 0 spiro atoms. The van der Waals surface area contributed by atoms with Gasteiger partial charge in [0.15, 0.2) is 6.61 Å². The van der Waals surface area contributed by atoms with Gasteiger partial charge in [-0.2, -0.15) is 0 Å². The number of hydrogen-bond donors (Lipinski definition) is 1. The molecule has 126 valence electrons. The number of para-hydroxylation sites is 1. The van der Waals surface area contributed by atoms with Gasteiger partial charge in [-0.1, -0.05) is 31.2 Å². The van der Waals surface area contributed by atoms with E-state index >= 15 is 0 Å². The van der Waals surface area contributed by atoms with Crippen LogP contribution < -0.4 is 10.1 Å². The second-order valence-electron chi connectivity index (χ2n) is 5.32. The number of amides is 1. The fraction of sp³-hybridized carbons (Fsp3) is 0.263. The van der Waals surface area contributed by atoms with Gasteiger partial charge in [0.2, 0.25) is 0 Å². The van der Waals surface area contributed by atoms with Crippen molar-refractivity contribution in [1.29, 1.82) is 0 Å². The third-order valence-corrected chi connectivity index (χ3v) is 3.27. The van der Waals surface area contributed by atoms with Crippen LogP contribution >= 0.6 is 0 Å². The number of anilines is 1. The maximum atomic E-state index is 12.0. The van der Waals surface area contributed by atoms with Crippen molar-refractivity contribution in [3.63, 3.8) is 0 Å². The molecule has 5 nitrogen and oxygen atoms in total. The van der Waals surface area contributed by atoms with Crippen LogP contribution in [0.4, 0.5) is 5.69 Å². The van der Waals surface area contributed by atoms with Gasteiger partial charge in [0.1, 0.15) is 5.75 Å². The second kappa shape index (κ2) is 8.72. The molecule has 0 aliphatic heterocycles. The molecule has 0 bridgehead atoms. The summed E-state index contributed by atoms with van der Waals surface area (Å²) in [6, 6.07) is 14.1. The van der Waals surface area contributed by atoms with E-state index in [4.69, 9.17) is 9.47 Å². The van der Waals surface area contributed by atoms with Crippen molar-refractivity contribution in [3.8, 4) is 5.75 Å². The highest BCUT2D eigenvalue weighted by atomic mass is 16.5. The van der Waals surface area contributed by atoms with E-state index in [1.807, 2.05) is 38.1 Å². The van der Waals surface area contributed by atoms with Crippen LogP contribution in [0.25, 0.3) is 0 Å². The van der Waals surface area contributed by atoms with Crippen LogP contribution in [0.15, 0.2) is 48.5 Å². The molecule has 1 N–H and O–H groups in total. The molecular weight excluding hydrogens is 306 g/mol. The van der Waals surface area contributed by atoms with Crippen LogP contribution in [0.5, 0.6) is 5.75 Å². The molecule has 0 saturated carbocycles. The summed E-state index contributed by atoms with van der Waals surface area (Å²) < 4.78 is 10.6. The van der Waals surface area contributed by atoms with E-state index in [0.717, 1.165) is 12.0 Å². The fourth-order valence-electron chi connectivity index (χ4n) is 2.06. The fourth-order valence-corrected chi connectivity index (χ4v) is 2.06. The Balaban J connectivity index is 1.92. The predicted octanol–water partition coefficient (Wildman–Crippen LogP) is 3.58. The first-order valence-electron chi connectivity index (χ1n) is 7.85. The van der Waals surface area contributed by atoms with E-state index in [0.29, 0.717) is 23.6 Å². The third-order valence-electron chi connectivity index (χ3n) is 3.27. The van der Waals surface area contributed by atoms with Gasteiger partial charge in [-0.05, 0) is 43.2 Å². The standard InChI is InChI=1S/C19H21NO4/c1-3-11-23-19(22)15-8-6-9-16(12-15)20-18(21)13-24-17-10-5-4-7-14(17)2/h4-10,12H,3,11,13H2,1-2H3,(H,20,21). The van der Waals surface area contributed by atoms with Gasteiger partial charge in [0, 0.05) is 5.69 Å². The van der Waals surface area contributed by atoms with Crippen molar-refractivity contribution in [2.75, 3.05) is 18.5 Å². The van der Waals surface area contributed by atoms with E-state index in [-0.39, 0.29) is 12.5 Å². The number of ether oxygens (including phenoxy) is 2. The number of carbonyl (C=O) groups is 2. The molecule has 0 radical (unpaired) electrons. The molecule has 0 aliphatic carbocycles. The van der Waals surface area contributed by atoms with E-state index in [9.17, 15) is 9.59 Å². The Morgan fingerprint density at radius 1 is 1.08 bits per heavy atom. The molecule has 0 fully saturated rings. The highest BCUT2D eigenvalue weighted by Gasteiger charge is 2.09. The molecular formula is C19H21NO4. The maximum Gasteiger partial charge on any atom is 0.338 e. The van der Waals surface area contributed by atoms with Crippen molar-refractivity contribution < 1.29 is 19.1 Å². The maximum absolute atomic E-state index is 12.0. The first kappa shape index (κ1) is 17.5. The molecule has 0 saturated heterocycles. The predicted molar refractivity (Wildman–Crippen MR) is 92.3 cm³/mol. The Hall–Kier alpha value is -2.82. The lowest BCUT2D eigenvalue weighted by Gasteiger charge is -2.10. The third kappa shape index (κ3) is 5.12. The van der Waals surface area contributed by atoms with Crippen LogP contribution in [-0.4, -0.2) is 25.1 Å². The molecule has 0 atom stereocenters. The minimum Gasteiger partial charge on any atom is -0.483 e. The summed E-state index contributed by atoms with van der Waals surface area (Å²) in [5.74, 6) is -0.0222. The van der Waals surface area contributed by atoms with Gasteiger partial charge in [-0.3, -0.25) is 4.79 Å². The van der Waals surface area contributed by atoms with Gasteiger partial charge >= 0.3 is 5.97 Å². The Kier molecular flexibility index (Phi) is 6.37. The molecule has 0 heterocycles. The lowest BCUT2D eigenvalue weighted by Crippen LogP contribution is -2.20. The first-order chi connectivity index (χ1) is 11.6. The zero-order valence-electron chi connectivity index (χ0n) is 13.9. The van der Waals surface area contributed by atoms with Crippen molar-refractivity contribution in [2.24, 2.45) is 0 Å². The molecule has 24 heavy (non-hydrogen) atoms. The summed E-state index contributed by atoms with van der Waals surface area (Å²) in [6.45, 7) is 4.12. The number of benzene rings is 2. The zero-order chi connectivity index (χ0) is 17.4. The van der Waals surface area contributed by atoms with Crippen LogP contribution in [0.1, 0.15) is 29.3 Å². The van der Waals surface area contributed by atoms with E-state index in [2.05, 4.69) is 5.32 Å². The van der Waals surface area contributed by atoms with Crippen molar-refractivity contribution >= 4 is 17.6 Å². The topological polar surface area (TPSA) is 64.6 Å². The highest BCUT2D eigenvalue weighted by Crippen LogP contribution is 2.16. The summed E-state index contributed by atoms with van der Waals surface area (Å²) in [5.41, 5.74) is 1.89. The lowest BCUT2D eigenvalue weighted by atomic mass is 10.2. The lowest BCUT2D eigenvalue weighted by molar-refractivity contribution is -0.118. The van der Waals surface area contributed by atoms with E-state index < -0.39 is 5.97 Å². The molecule has 0 aromatic heterocycles. The first-order valence-corrected chi connectivity index (χ1v) is 7.85. The molecule has 2 aromatic carbocycles. The molecule has 2 aromatic rings. The van der Waals surface area contributed by atoms with Crippen LogP contribution in [0.3, 0.4) is 0 Å². The smallest absolute Gasteiger partial charge is 0.338 e. The number of rotatable bonds is 7. The average Bonchev–Trinajstić information content (AvgIpc) is 2.59. The van der Waals surface area contributed by atoms with Gasteiger partial charge in [0.25, 0.3) is 5.91 Å². The molecule has 2 rings (SSSR count). The molecule has 0 aliphatic rings. The highest BCUT2D eigenvalue weighted by molar-refractivity contribution is 5.95. The molecule has 1 amide bonds. The van der Waals surface area contributed by atoms with Gasteiger partial charge in [0.05, 0.1) is 12.2 Å². The van der Waals surface area contributed by atoms with Crippen LogP contribution in [0.2, 0.25) is 0 Å². The Morgan fingerprint density at radius 2 is 1.88 bits per heavy atom. The van der Waals surface area contributed by atoms with Crippen LogP contribution in [-0.2, 0) is 9.53 Å². The van der Waals surface area contributed by atoms with E-state index in [1.165, 1.54) is 0 Å². The average molecular weight is 327 g/mol. The SMILES string of the molecule is CCCOC(=O)c1cccc(NC(=O)COc2ccccc2C)c1. The summed E-state index contributed by atoms with van der Waals surface area (Å²) in [5, 5.41) is 2.71. The van der Waals surface area contributed by atoms with Crippen molar-refractivity contribution in [1.82, 2.24) is 0 Å². The van der Waals surface area contributed by atoms with Crippen LogP contribution in [0, 0.1) is 6.92 Å².